The SMILES string of the molecule is Br.N#Cc1ccc(-c2cn3cc(OC(=O)O)ccc3n2)cc1. The summed E-state index contributed by atoms with van der Waals surface area (Å²) < 4.78 is 6.29. The number of hydrogen-bond acceptors (Lipinski definition) is 4. The van der Waals surface area contributed by atoms with Gasteiger partial charge < -0.3 is 14.2 Å². The molecule has 0 aliphatic rings. The molecule has 0 spiro atoms. The van der Waals surface area contributed by atoms with Gasteiger partial charge in [-0.25, -0.2) is 9.78 Å². The number of pyridine rings is 1. The van der Waals surface area contributed by atoms with E-state index in [1.807, 2.05) is 12.1 Å². The standard InChI is InChI=1S/C15H9N3O3.BrH/c16-7-10-1-3-11(4-2-10)13-9-18-8-12(21-15(19)20)5-6-14(18)17-13;/h1-6,8-9H,(H,19,20);1H. The van der Waals surface area contributed by atoms with Crippen molar-refractivity contribution < 1.29 is 14.6 Å². The van der Waals surface area contributed by atoms with Crippen LogP contribution in [0.2, 0.25) is 0 Å². The molecule has 6 nitrogen and oxygen atoms in total. The topological polar surface area (TPSA) is 87.6 Å². The Kier molecular flexibility index (Phi) is 4.44. The van der Waals surface area contributed by atoms with Gasteiger partial charge in [0.2, 0.25) is 0 Å². The molecule has 7 heteroatoms. The van der Waals surface area contributed by atoms with E-state index in [1.165, 1.54) is 0 Å². The van der Waals surface area contributed by atoms with E-state index in [0.717, 1.165) is 11.3 Å². The molecule has 2 heterocycles. The van der Waals surface area contributed by atoms with Gasteiger partial charge in [0.1, 0.15) is 5.65 Å². The maximum atomic E-state index is 10.5. The minimum atomic E-state index is -1.36. The van der Waals surface area contributed by atoms with E-state index in [2.05, 4.69) is 15.8 Å². The van der Waals surface area contributed by atoms with Crippen LogP contribution in [0.25, 0.3) is 16.9 Å². The lowest BCUT2D eigenvalue weighted by molar-refractivity contribution is 0.144. The monoisotopic (exact) mass is 359 g/mol. The Bertz CT molecular complexity index is 866. The Morgan fingerprint density at radius 2 is 1.91 bits per heavy atom. The maximum Gasteiger partial charge on any atom is 0.511 e. The fraction of sp³-hybridized carbons (Fsp3) is 0. The Balaban J connectivity index is 0.00000176. The van der Waals surface area contributed by atoms with E-state index < -0.39 is 6.16 Å². The largest absolute Gasteiger partial charge is 0.511 e. The van der Waals surface area contributed by atoms with Crippen LogP contribution < -0.4 is 4.74 Å². The van der Waals surface area contributed by atoms with Crippen LogP contribution in [0.15, 0.2) is 48.8 Å². The van der Waals surface area contributed by atoms with E-state index in [0.29, 0.717) is 11.2 Å². The van der Waals surface area contributed by atoms with Crippen LogP contribution in [0.1, 0.15) is 5.56 Å². The number of hydrogen-bond donors (Lipinski definition) is 1. The summed E-state index contributed by atoms with van der Waals surface area (Å²) in [5, 5.41) is 17.4. The molecular weight excluding hydrogens is 350 g/mol. The van der Waals surface area contributed by atoms with Crippen molar-refractivity contribution in [3.63, 3.8) is 0 Å². The van der Waals surface area contributed by atoms with Crippen molar-refractivity contribution in [3.05, 3.63) is 54.4 Å². The van der Waals surface area contributed by atoms with Crippen molar-refractivity contribution in [3.8, 4) is 23.1 Å². The molecule has 110 valence electrons. The first kappa shape index (κ1) is 15.5. The molecule has 3 rings (SSSR count). The summed E-state index contributed by atoms with van der Waals surface area (Å²) in [4.78, 5) is 15.0. The smallest absolute Gasteiger partial charge is 0.449 e. The van der Waals surface area contributed by atoms with Crippen molar-refractivity contribution in [1.29, 1.82) is 5.26 Å². The summed E-state index contributed by atoms with van der Waals surface area (Å²) in [5.41, 5.74) is 2.86. The van der Waals surface area contributed by atoms with Crippen molar-refractivity contribution in [2.24, 2.45) is 0 Å². The fourth-order valence-corrected chi connectivity index (χ4v) is 1.99. The highest BCUT2D eigenvalue weighted by Gasteiger charge is 2.07. The zero-order valence-corrected chi connectivity index (χ0v) is 12.8. The molecule has 0 atom stereocenters. The number of ether oxygens (including phenoxy) is 1. The predicted octanol–water partition coefficient (Wildman–Crippen LogP) is 3.51. The molecule has 0 fully saturated rings. The van der Waals surface area contributed by atoms with Gasteiger partial charge >= 0.3 is 6.16 Å². The number of fused-ring (bicyclic) bond motifs is 1. The van der Waals surface area contributed by atoms with Crippen molar-refractivity contribution >= 4 is 28.8 Å². The quantitative estimate of drug-likeness (QED) is 0.707. The third-order valence-corrected chi connectivity index (χ3v) is 2.94. The average molecular weight is 360 g/mol. The zero-order chi connectivity index (χ0) is 14.8. The van der Waals surface area contributed by atoms with Crippen LogP contribution in [0.3, 0.4) is 0 Å². The van der Waals surface area contributed by atoms with Gasteiger partial charge in [0.15, 0.2) is 5.75 Å². The first-order valence-electron chi connectivity index (χ1n) is 6.06. The molecule has 0 radical (unpaired) electrons. The highest BCUT2D eigenvalue weighted by Crippen LogP contribution is 2.21. The lowest BCUT2D eigenvalue weighted by Gasteiger charge is -1.99. The maximum absolute atomic E-state index is 10.5. The number of imidazole rings is 1. The minimum absolute atomic E-state index is 0. The minimum Gasteiger partial charge on any atom is -0.449 e. The van der Waals surface area contributed by atoms with E-state index in [1.54, 1.807) is 41.1 Å². The van der Waals surface area contributed by atoms with Crippen LogP contribution in [-0.2, 0) is 0 Å². The Labute approximate surface area is 136 Å². The summed E-state index contributed by atoms with van der Waals surface area (Å²) in [5.74, 6) is 0.221. The van der Waals surface area contributed by atoms with Gasteiger partial charge in [-0.1, -0.05) is 12.1 Å². The molecule has 0 saturated heterocycles. The molecule has 3 aromatic rings. The number of benzene rings is 1. The van der Waals surface area contributed by atoms with Gasteiger partial charge in [-0.2, -0.15) is 5.26 Å². The Morgan fingerprint density at radius 3 is 2.55 bits per heavy atom. The number of nitriles is 1. The number of aromatic nitrogens is 2. The van der Waals surface area contributed by atoms with Crippen LogP contribution in [0.5, 0.6) is 5.75 Å². The van der Waals surface area contributed by atoms with Gasteiger partial charge in [-0.05, 0) is 24.3 Å². The lowest BCUT2D eigenvalue weighted by atomic mass is 10.1. The average Bonchev–Trinajstić information content (AvgIpc) is 2.90. The molecule has 1 N–H and O–H groups in total. The summed E-state index contributed by atoms with van der Waals surface area (Å²) in [6.45, 7) is 0. The van der Waals surface area contributed by atoms with Gasteiger partial charge in [-0.15, -0.1) is 17.0 Å². The van der Waals surface area contributed by atoms with Crippen LogP contribution in [0, 0.1) is 11.3 Å². The predicted molar refractivity (Wildman–Crippen MR) is 84.3 cm³/mol. The molecular formula is C15H10BrN3O3. The normalized spacial score (nSPS) is 9.77. The second-order valence-electron chi connectivity index (χ2n) is 4.31. The number of carbonyl (C=O) groups is 1. The van der Waals surface area contributed by atoms with Gasteiger partial charge in [0, 0.05) is 11.8 Å². The van der Waals surface area contributed by atoms with Gasteiger partial charge in [0.05, 0.1) is 23.5 Å². The van der Waals surface area contributed by atoms with Crippen molar-refractivity contribution in [2.75, 3.05) is 0 Å². The van der Waals surface area contributed by atoms with Gasteiger partial charge in [0.25, 0.3) is 0 Å². The second-order valence-corrected chi connectivity index (χ2v) is 4.31. The Morgan fingerprint density at radius 1 is 1.18 bits per heavy atom. The zero-order valence-electron chi connectivity index (χ0n) is 11.1. The second kappa shape index (κ2) is 6.28. The fourth-order valence-electron chi connectivity index (χ4n) is 1.99. The molecule has 0 unspecified atom stereocenters. The summed E-state index contributed by atoms with van der Waals surface area (Å²) in [6, 6.07) is 12.3. The third-order valence-electron chi connectivity index (χ3n) is 2.94. The lowest BCUT2D eigenvalue weighted by Crippen LogP contribution is -2.03. The van der Waals surface area contributed by atoms with Crippen molar-refractivity contribution in [2.45, 2.75) is 0 Å². The molecule has 2 aromatic heterocycles. The van der Waals surface area contributed by atoms with Gasteiger partial charge in [-0.3, -0.25) is 0 Å². The number of nitrogens with zero attached hydrogens (tertiary/aromatic N) is 3. The van der Waals surface area contributed by atoms with Crippen molar-refractivity contribution in [1.82, 2.24) is 9.38 Å². The van der Waals surface area contributed by atoms with E-state index >= 15 is 0 Å². The number of carboxylic acid groups (broad SMARTS) is 1. The molecule has 0 aliphatic carbocycles. The first-order valence-corrected chi connectivity index (χ1v) is 6.06. The van der Waals surface area contributed by atoms with Crippen LogP contribution in [-0.4, -0.2) is 20.6 Å². The van der Waals surface area contributed by atoms with Crippen LogP contribution >= 0.6 is 17.0 Å². The van der Waals surface area contributed by atoms with E-state index in [4.69, 9.17) is 10.4 Å². The highest BCUT2D eigenvalue weighted by molar-refractivity contribution is 8.93. The molecule has 1 aromatic carbocycles. The molecule has 0 saturated carbocycles. The number of rotatable bonds is 2. The molecule has 22 heavy (non-hydrogen) atoms. The number of halogens is 1. The summed E-state index contributed by atoms with van der Waals surface area (Å²) >= 11 is 0. The summed E-state index contributed by atoms with van der Waals surface area (Å²) in [7, 11) is 0. The first-order chi connectivity index (χ1) is 10.2. The van der Waals surface area contributed by atoms with E-state index in [-0.39, 0.29) is 22.7 Å². The van der Waals surface area contributed by atoms with E-state index in [9.17, 15) is 4.79 Å². The molecule has 0 bridgehead atoms. The molecule has 0 amide bonds. The summed E-state index contributed by atoms with van der Waals surface area (Å²) in [6.07, 6.45) is 1.96. The Hall–Kier alpha value is -2.85. The highest BCUT2D eigenvalue weighted by atomic mass is 79.9. The molecule has 0 aliphatic heterocycles. The third kappa shape index (κ3) is 3.07. The van der Waals surface area contributed by atoms with Crippen LogP contribution in [0.4, 0.5) is 4.79 Å².